The Kier molecular flexibility index (Phi) is 4.03. The third kappa shape index (κ3) is 2.96. The van der Waals surface area contributed by atoms with Gasteiger partial charge in [-0.3, -0.25) is 0 Å². The van der Waals surface area contributed by atoms with Crippen molar-refractivity contribution < 1.29 is 14.3 Å². The molecule has 0 aliphatic heterocycles. The summed E-state index contributed by atoms with van der Waals surface area (Å²) in [6.07, 6.45) is 0. The molecule has 20 heavy (non-hydrogen) atoms. The number of hydrogen-bond acceptors (Lipinski definition) is 2. The summed E-state index contributed by atoms with van der Waals surface area (Å²) < 4.78 is 13.3. The largest absolute Gasteiger partial charge is 0.478 e. The summed E-state index contributed by atoms with van der Waals surface area (Å²) >= 11 is 0. The van der Waals surface area contributed by atoms with Gasteiger partial charge in [0.25, 0.3) is 0 Å². The maximum absolute atomic E-state index is 13.3. The summed E-state index contributed by atoms with van der Waals surface area (Å²) in [7, 11) is 0. The molecule has 0 amide bonds. The summed E-state index contributed by atoms with van der Waals surface area (Å²) in [6.45, 7) is 3.99. The van der Waals surface area contributed by atoms with Gasteiger partial charge in [0.15, 0.2) is 0 Å². The van der Waals surface area contributed by atoms with Crippen LogP contribution in [0.2, 0.25) is 0 Å². The summed E-state index contributed by atoms with van der Waals surface area (Å²) in [4.78, 5) is 10.9. The number of carbonyl (C=O) groups is 1. The fourth-order valence-corrected chi connectivity index (χ4v) is 2.18. The van der Waals surface area contributed by atoms with Gasteiger partial charge in [-0.25, -0.2) is 9.18 Å². The molecule has 0 fully saturated rings. The lowest BCUT2D eigenvalue weighted by atomic mass is 10.0. The van der Waals surface area contributed by atoms with Crippen molar-refractivity contribution in [3.8, 4) is 0 Å². The van der Waals surface area contributed by atoms with Crippen molar-refractivity contribution in [1.29, 1.82) is 0 Å². The van der Waals surface area contributed by atoms with Crippen LogP contribution in [0.1, 0.15) is 34.5 Å². The second-order valence-corrected chi connectivity index (χ2v) is 4.72. The molecule has 1 unspecified atom stereocenters. The van der Waals surface area contributed by atoms with Gasteiger partial charge in [-0.2, -0.15) is 0 Å². The van der Waals surface area contributed by atoms with Crippen molar-refractivity contribution >= 4 is 11.7 Å². The van der Waals surface area contributed by atoms with Crippen molar-refractivity contribution in [2.75, 3.05) is 5.32 Å². The minimum absolute atomic E-state index is 0.00306. The SMILES string of the molecule is Cc1ccccc1C(C)Nc1ccc(F)c(C(=O)O)c1. The number of benzene rings is 2. The van der Waals surface area contributed by atoms with Crippen LogP contribution in [0, 0.1) is 12.7 Å². The molecule has 0 aliphatic carbocycles. The first-order valence-electron chi connectivity index (χ1n) is 6.34. The molecule has 0 saturated heterocycles. The molecular formula is C16H16FNO2. The highest BCUT2D eigenvalue weighted by Crippen LogP contribution is 2.23. The van der Waals surface area contributed by atoms with Crippen molar-refractivity contribution in [1.82, 2.24) is 0 Å². The molecule has 0 heterocycles. The number of halogens is 1. The van der Waals surface area contributed by atoms with Crippen LogP contribution < -0.4 is 5.32 Å². The zero-order chi connectivity index (χ0) is 14.7. The highest BCUT2D eigenvalue weighted by Gasteiger charge is 2.13. The molecule has 1 atom stereocenters. The third-order valence-corrected chi connectivity index (χ3v) is 3.23. The molecule has 0 aromatic heterocycles. The number of aryl methyl sites for hydroxylation is 1. The van der Waals surface area contributed by atoms with Gasteiger partial charge in [0.05, 0.1) is 5.56 Å². The predicted molar refractivity (Wildman–Crippen MR) is 76.6 cm³/mol. The number of nitrogens with one attached hydrogen (secondary N) is 1. The first-order chi connectivity index (χ1) is 9.49. The molecule has 2 aromatic carbocycles. The highest BCUT2D eigenvalue weighted by atomic mass is 19.1. The summed E-state index contributed by atoms with van der Waals surface area (Å²) in [6, 6.07) is 12.0. The molecule has 0 spiro atoms. The van der Waals surface area contributed by atoms with Crippen LogP contribution in [0.5, 0.6) is 0 Å². The topological polar surface area (TPSA) is 49.3 Å². The molecule has 2 N–H and O–H groups in total. The van der Waals surface area contributed by atoms with E-state index in [9.17, 15) is 9.18 Å². The summed E-state index contributed by atoms with van der Waals surface area (Å²) in [5.41, 5.74) is 2.52. The van der Waals surface area contributed by atoms with Gasteiger partial charge in [-0.1, -0.05) is 24.3 Å². The average molecular weight is 273 g/mol. The van der Waals surface area contributed by atoms with Gasteiger partial charge < -0.3 is 10.4 Å². The van der Waals surface area contributed by atoms with E-state index < -0.39 is 11.8 Å². The van der Waals surface area contributed by atoms with Gasteiger partial charge in [0, 0.05) is 11.7 Å². The minimum atomic E-state index is -1.27. The lowest BCUT2D eigenvalue weighted by Gasteiger charge is -2.18. The Balaban J connectivity index is 2.24. The van der Waals surface area contributed by atoms with Gasteiger partial charge in [0.2, 0.25) is 0 Å². The van der Waals surface area contributed by atoms with E-state index in [4.69, 9.17) is 5.11 Å². The van der Waals surface area contributed by atoms with E-state index in [0.717, 1.165) is 17.2 Å². The number of hydrogen-bond donors (Lipinski definition) is 2. The monoisotopic (exact) mass is 273 g/mol. The first-order valence-corrected chi connectivity index (χ1v) is 6.34. The Labute approximate surface area is 117 Å². The van der Waals surface area contributed by atoms with Gasteiger partial charge in [-0.05, 0) is 43.2 Å². The van der Waals surface area contributed by atoms with E-state index in [1.54, 1.807) is 0 Å². The highest BCUT2D eigenvalue weighted by molar-refractivity contribution is 5.89. The average Bonchev–Trinajstić information content (AvgIpc) is 2.41. The van der Waals surface area contributed by atoms with Crippen LogP contribution in [-0.2, 0) is 0 Å². The maximum atomic E-state index is 13.3. The molecule has 0 bridgehead atoms. The molecule has 0 aliphatic rings. The zero-order valence-electron chi connectivity index (χ0n) is 11.4. The van der Waals surface area contributed by atoms with Crippen LogP contribution in [0.4, 0.5) is 10.1 Å². The first kappa shape index (κ1) is 14.1. The second kappa shape index (κ2) is 5.74. The van der Waals surface area contributed by atoms with E-state index in [1.807, 2.05) is 38.1 Å². The van der Waals surface area contributed by atoms with Crippen molar-refractivity contribution in [3.63, 3.8) is 0 Å². The van der Waals surface area contributed by atoms with E-state index in [1.165, 1.54) is 12.1 Å². The number of carboxylic acids is 1. The molecule has 0 radical (unpaired) electrons. The van der Waals surface area contributed by atoms with E-state index >= 15 is 0 Å². The Morgan fingerprint density at radius 2 is 1.95 bits per heavy atom. The lowest BCUT2D eigenvalue weighted by molar-refractivity contribution is 0.0692. The number of rotatable bonds is 4. The van der Waals surface area contributed by atoms with Crippen LogP contribution >= 0.6 is 0 Å². The minimum Gasteiger partial charge on any atom is -0.478 e. The van der Waals surface area contributed by atoms with Crippen molar-refractivity contribution in [3.05, 3.63) is 65.0 Å². The predicted octanol–water partition coefficient (Wildman–Crippen LogP) is 4.01. The van der Waals surface area contributed by atoms with Crippen LogP contribution in [-0.4, -0.2) is 11.1 Å². The Morgan fingerprint density at radius 1 is 1.25 bits per heavy atom. The van der Waals surface area contributed by atoms with E-state index in [-0.39, 0.29) is 11.6 Å². The fraction of sp³-hybridized carbons (Fsp3) is 0.188. The standard InChI is InChI=1S/C16H16FNO2/c1-10-5-3-4-6-13(10)11(2)18-12-7-8-15(17)14(9-12)16(19)20/h3-9,11,18H,1-2H3,(H,19,20). The quantitative estimate of drug-likeness (QED) is 0.885. The molecule has 2 rings (SSSR count). The summed E-state index contributed by atoms with van der Waals surface area (Å²) in [5.74, 6) is -2.00. The fourth-order valence-electron chi connectivity index (χ4n) is 2.18. The smallest absolute Gasteiger partial charge is 0.338 e. The van der Waals surface area contributed by atoms with Crippen molar-refractivity contribution in [2.45, 2.75) is 19.9 Å². The Morgan fingerprint density at radius 3 is 2.60 bits per heavy atom. The molecule has 104 valence electrons. The molecular weight excluding hydrogens is 257 g/mol. The number of aromatic carboxylic acids is 1. The lowest BCUT2D eigenvalue weighted by Crippen LogP contribution is -2.09. The van der Waals surface area contributed by atoms with Crippen LogP contribution in [0.15, 0.2) is 42.5 Å². The molecule has 2 aromatic rings. The third-order valence-electron chi connectivity index (χ3n) is 3.23. The number of carboxylic acid groups (broad SMARTS) is 1. The zero-order valence-corrected chi connectivity index (χ0v) is 11.4. The summed E-state index contributed by atoms with van der Waals surface area (Å²) in [5, 5.41) is 12.1. The second-order valence-electron chi connectivity index (χ2n) is 4.72. The van der Waals surface area contributed by atoms with Crippen LogP contribution in [0.25, 0.3) is 0 Å². The van der Waals surface area contributed by atoms with Gasteiger partial charge >= 0.3 is 5.97 Å². The van der Waals surface area contributed by atoms with Gasteiger partial charge in [0.1, 0.15) is 5.82 Å². The Bertz CT molecular complexity index is 640. The van der Waals surface area contributed by atoms with E-state index in [2.05, 4.69) is 5.32 Å². The molecule has 0 saturated carbocycles. The normalized spacial score (nSPS) is 11.9. The number of anilines is 1. The van der Waals surface area contributed by atoms with E-state index in [0.29, 0.717) is 5.69 Å². The van der Waals surface area contributed by atoms with Gasteiger partial charge in [-0.15, -0.1) is 0 Å². The molecule has 4 heteroatoms. The Hall–Kier alpha value is -2.36. The van der Waals surface area contributed by atoms with Crippen LogP contribution in [0.3, 0.4) is 0 Å². The van der Waals surface area contributed by atoms with Crippen molar-refractivity contribution in [2.24, 2.45) is 0 Å². The maximum Gasteiger partial charge on any atom is 0.338 e. The molecule has 3 nitrogen and oxygen atoms in total.